The highest BCUT2D eigenvalue weighted by Gasteiger charge is 2.17. The van der Waals surface area contributed by atoms with Gasteiger partial charge in [-0.2, -0.15) is 5.10 Å². The maximum atomic E-state index is 11.0. The van der Waals surface area contributed by atoms with Crippen LogP contribution in [-0.2, 0) is 11.2 Å². The van der Waals surface area contributed by atoms with Gasteiger partial charge in [-0.3, -0.25) is 4.79 Å². The summed E-state index contributed by atoms with van der Waals surface area (Å²) in [6, 6.07) is 9.94. The van der Waals surface area contributed by atoms with Crippen LogP contribution in [0.2, 0.25) is 0 Å². The van der Waals surface area contributed by atoms with Crippen molar-refractivity contribution in [3.8, 4) is 5.69 Å². The van der Waals surface area contributed by atoms with E-state index in [1.165, 1.54) is 5.56 Å². The quantitative estimate of drug-likeness (QED) is 0.897. The van der Waals surface area contributed by atoms with E-state index in [1.807, 2.05) is 50.4 Å². The number of hydrogen-bond donors (Lipinski definition) is 1. The average molecular weight is 258 g/mol. The lowest BCUT2D eigenvalue weighted by Gasteiger charge is -2.07. The molecule has 0 saturated carbocycles. The predicted molar refractivity (Wildman–Crippen MR) is 73.4 cm³/mol. The summed E-state index contributed by atoms with van der Waals surface area (Å²) in [7, 11) is 0. The molecule has 0 aliphatic heterocycles. The highest BCUT2D eigenvalue weighted by molar-refractivity contribution is 5.70. The van der Waals surface area contributed by atoms with E-state index in [0.29, 0.717) is 12.8 Å². The normalized spacial score (nSPS) is 12.3. The van der Waals surface area contributed by atoms with Crippen LogP contribution in [0.5, 0.6) is 0 Å². The van der Waals surface area contributed by atoms with Crippen LogP contribution in [0.3, 0.4) is 0 Å². The van der Waals surface area contributed by atoms with Gasteiger partial charge in [0.1, 0.15) is 0 Å². The predicted octanol–water partition coefficient (Wildman–Crippen LogP) is 2.83. The standard InChI is InChI=1S/C15H18N2O2/c1-3-12(15(18)19)10-13-8-9-17(16-13)14-6-4-11(2)5-7-14/h4-9,12H,3,10H2,1-2H3,(H,18,19). The molecule has 0 radical (unpaired) electrons. The van der Waals surface area contributed by atoms with Crippen LogP contribution in [0.15, 0.2) is 36.5 Å². The van der Waals surface area contributed by atoms with Crippen LogP contribution in [0, 0.1) is 12.8 Å². The van der Waals surface area contributed by atoms with Crippen molar-refractivity contribution in [2.45, 2.75) is 26.7 Å². The van der Waals surface area contributed by atoms with Gasteiger partial charge < -0.3 is 5.11 Å². The molecule has 100 valence electrons. The Balaban J connectivity index is 2.15. The number of aromatic nitrogens is 2. The summed E-state index contributed by atoms with van der Waals surface area (Å²) in [5, 5.41) is 13.5. The van der Waals surface area contributed by atoms with Gasteiger partial charge in [-0.25, -0.2) is 4.68 Å². The van der Waals surface area contributed by atoms with Gasteiger partial charge in [0.05, 0.1) is 17.3 Å². The second-order valence-corrected chi connectivity index (χ2v) is 4.73. The summed E-state index contributed by atoms with van der Waals surface area (Å²) in [5.41, 5.74) is 3.00. The fourth-order valence-corrected chi connectivity index (χ4v) is 1.97. The van der Waals surface area contributed by atoms with E-state index < -0.39 is 5.97 Å². The first-order valence-corrected chi connectivity index (χ1v) is 6.44. The Morgan fingerprint density at radius 3 is 2.58 bits per heavy atom. The number of rotatable bonds is 5. The molecule has 4 nitrogen and oxygen atoms in total. The van der Waals surface area contributed by atoms with Crippen molar-refractivity contribution < 1.29 is 9.90 Å². The van der Waals surface area contributed by atoms with Crippen molar-refractivity contribution in [2.75, 3.05) is 0 Å². The van der Waals surface area contributed by atoms with Crippen molar-refractivity contribution >= 4 is 5.97 Å². The molecule has 1 unspecified atom stereocenters. The second kappa shape index (κ2) is 5.69. The largest absolute Gasteiger partial charge is 0.481 e. The molecule has 0 amide bonds. The Labute approximate surface area is 112 Å². The molecule has 0 aliphatic carbocycles. The van der Waals surface area contributed by atoms with Gasteiger partial charge in [-0.1, -0.05) is 24.6 Å². The first-order chi connectivity index (χ1) is 9.10. The molecule has 4 heteroatoms. The third-order valence-corrected chi connectivity index (χ3v) is 3.24. The van der Waals surface area contributed by atoms with Gasteiger partial charge in [0.25, 0.3) is 0 Å². The van der Waals surface area contributed by atoms with E-state index in [1.54, 1.807) is 4.68 Å². The van der Waals surface area contributed by atoms with Crippen molar-refractivity contribution in [1.82, 2.24) is 9.78 Å². The van der Waals surface area contributed by atoms with Crippen LogP contribution in [0.4, 0.5) is 0 Å². The maximum absolute atomic E-state index is 11.0. The Bertz CT molecular complexity index is 558. The molecule has 1 heterocycles. The molecule has 0 bridgehead atoms. The van der Waals surface area contributed by atoms with Gasteiger partial charge in [-0.15, -0.1) is 0 Å². The van der Waals surface area contributed by atoms with Crippen LogP contribution in [0.25, 0.3) is 5.69 Å². The smallest absolute Gasteiger partial charge is 0.306 e. The number of carbonyl (C=O) groups is 1. The molecule has 19 heavy (non-hydrogen) atoms. The van der Waals surface area contributed by atoms with Crippen molar-refractivity contribution in [3.05, 3.63) is 47.8 Å². The second-order valence-electron chi connectivity index (χ2n) is 4.73. The van der Waals surface area contributed by atoms with Gasteiger partial charge in [0.2, 0.25) is 0 Å². The minimum Gasteiger partial charge on any atom is -0.481 e. The van der Waals surface area contributed by atoms with Crippen LogP contribution in [0.1, 0.15) is 24.6 Å². The van der Waals surface area contributed by atoms with Gasteiger partial charge in [0.15, 0.2) is 0 Å². The minimum absolute atomic E-state index is 0.360. The Hall–Kier alpha value is -2.10. The van der Waals surface area contributed by atoms with Gasteiger partial charge in [-0.05, 0) is 31.5 Å². The molecule has 1 aromatic carbocycles. The summed E-state index contributed by atoms with van der Waals surface area (Å²) in [6.45, 7) is 3.92. The SMILES string of the molecule is CCC(Cc1ccn(-c2ccc(C)cc2)n1)C(=O)O. The number of carboxylic acids is 1. The van der Waals surface area contributed by atoms with Crippen LogP contribution in [-0.4, -0.2) is 20.9 Å². The summed E-state index contributed by atoms with van der Waals surface area (Å²) in [5.74, 6) is -1.12. The third kappa shape index (κ3) is 3.22. The van der Waals surface area contributed by atoms with E-state index >= 15 is 0 Å². The molecular weight excluding hydrogens is 240 g/mol. The van der Waals surface area contributed by atoms with Crippen molar-refractivity contribution in [1.29, 1.82) is 0 Å². The minimum atomic E-state index is -0.757. The number of carboxylic acid groups (broad SMARTS) is 1. The zero-order valence-corrected chi connectivity index (χ0v) is 11.2. The highest BCUT2D eigenvalue weighted by Crippen LogP contribution is 2.13. The first-order valence-electron chi connectivity index (χ1n) is 6.44. The van der Waals surface area contributed by atoms with E-state index in [-0.39, 0.29) is 5.92 Å². The summed E-state index contributed by atoms with van der Waals surface area (Å²) in [4.78, 5) is 11.0. The lowest BCUT2D eigenvalue weighted by atomic mass is 10.0. The first kappa shape index (κ1) is 13.3. The Morgan fingerprint density at radius 1 is 1.32 bits per heavy atom. The van der Waals surface area contributed by atoms with Crippen LogP contribution < -0.4 is 0 Å². The molecule has 0 aliphatic rings. The summed E-state index contributed by atoms with van der Waals surface area (Å²) in [6.07, 6.45) is 2.96. The molecule has 1 atom stereocenters. The highest BCUT2D eigenvalue weighted by atomic mass is 16.4. The third-order valence-electron chi connectivity index (χ3n) is 3.24. The molecule has 1 aromatic heterocycles. The van der Waals surface area contributed by atoms with E-state index in [2.05, 4.69) is 5.10 Å². The number of benzene rings is 1. The zero-order valence-electron chi connectivity index (χ0n) is 11.2. The van der Waals surface area contributed by atoms with E-state index in [4.69, 9.17) is 5.11 Å². The lowest BCUT2D eigenvalue weighted by Crippen LogP contribution is -2.15. The van der Waals surface area contributed by atoms with Gasteiger partial charge >= 0.3 is 5.97 Å². The Morgan fingerprint density at radius 2 is 2.00 bits per heavy atom. The van der Waals surface area contributed by atoms with Gasteiger partial charge in [0, 0.05) is 12.6 Å². The molecule has 2 aromatic rings. The zero-order chi connectivity index (χ0) is 13.8. The molecular formula is C15H18N2O2. The number of aliphatic carboxylic acids is 1. The topological polar surface area (TPSA) is 55.1 Å². The molecule has 0 saturated heterocycles. The van der Waals surface area contributed by atoms with E-state index in [0.717, 1.165) is 11.4 Å². The number of nitrogens with zero attached hydrogens (tertiary/aromatic N) is 2. The maximum Gasteiger partial charge on any atom is 0.306 e. The average Bonchev–Trinajstić information content (AvgIpc) is 2.85. The fourth-order valence-electron chi connectivity index (χ4n) is 1.97. The van der Waals surface area contributed by atoms with Crippen molar-refractivity contribution in [3.63, 3.8) is 0 Å². The number of aryl methyl sites for hydroxylation is 1. The fraction of sp³-hybridized carbons (Fsp3) is 0.333. The monoisotopic (exact) mass is 258 g/mol. The molecule has 0 spiro atoms. The summed E-state index contributed by atoms with van der Waals surface area (Å²) < 4.78 is 1.78. The van der Waals surface area contributed by atoms with E-state index in [9.17, 15) is 4.79 Å². The van der Waals surface area contributed by atoms with Crippen LogP contribution >= 0.6 is 0 Å². The Kier molecular flexibility index (Phi) is 4.00. The molecule has 0 fully saturated rings. The molecule has 2 rings (SSSR count). The molecule has 1 N–H and O–H groups in total. The number of hydrogen-bond acceptors (Lipinski definition) is 2. The lowest BCUT2D eigenvalue weighted by molar-refractivity contribution is -0.141. The summed E-state index contributed by atoms with van der Waals surface area (Å²) >= 11 is 0. The van der Waals surface area contributed by atoms with Crippen molar-refractivity contribution in [2.24, 2.45) is 5.92 Å².